The zero-order chi connectivity index (χ0) is 33.9. The summed E-state index contributed by atoms with van der Waals surface area (Å²) in [7, 11) is 1.72. The summed E-state index contributed by atoms with van der Waals surface area (Å²) < 4.78 is 12.9. The number of carbonyl (C=O) groups excluding carboxylic acids is 4. The number of rotatable bonds is 9. The summed E-state index contributed by atoms with van der Waals surface area (Å²) in [5.41, 5.74) is -0.641. The molecule has 2 fully saturated rings. The number of hydrogen-bond donors (Lipinski definition) is 1. The van der Waals surface area contributed by atoms with Gasteiger partial charge >= 0.3 is 5.97 Å². The SMILES string of the molecule is CCCCCN1C/C=C\CCC(=O)N(C)[C@@H](C)[C@H](c2ccccc2)OC(=O)[C@@H]2[C@H]3C(=O)N([C@@H](CO)[C@@H](C)CC)[C@H](C1=O)[C@]31C=C[C@H]2O1. The number of cyclic esters (lactones) is 1. The molecule has 1 N–H and O–H groups in total. The minimum atomic E-state index is -1.37. The number of unbranched alkanes of at least 4 members (excludes halogenated alkanes) is 2. The fraction of sp³-hybridized carbons (Fsp3) is 0.622. The summed E-state index contributed by atoms with van der Waals surface area (Å²) in [4.78, 5) is 62.0. The van der Waals surface area contributed by atoms with Gasteiger partial charge in [0.15, 0.2) is 0 Å². The Morgan fingerprint density at radius 2 is 1.79 bits per heavy atom. The number of fused-ring (bicyclic) bond motifs is 2. The van der Waals surface area contributed by atoms with Gasteiger partial charge in [-0.3, -0.25) is 19.2 Å². The van der Waals surface area contributed by atoms with Crippen molar-refractivity contribution in [3.05, 3.63) is 60.2 Å². The summed E-state index contributed by atoms with van der Waals surface area (Å²) in [6.07, 6.45) is 10.0. The molecule has 1 aromatic carbocycles. The molecule has 4 aliphatic rings. The van der Waals surface area contributed by atoms with Crippen molar-refractivity contribution >= 4 is 23.7 Å². The molecule has 10 nitrogen and oxygen atoms in total. The van der Waals surface area contributed by atoms with E-state index in [0.717, 1.165) is 24.8 Å². The second kappa shape index (κ2) is 14.7. The Morgan fingerprint density at radius 1 is 1.04 bits per heavy atom. The zero-order valence-corrected chi connectivity index (χ0v) is 28.4. The first kappa shape index (κ1) is 34.8. The molecule has 1 aromatic rings. The molecular weight excluding hydrogens is 598 g/mol. The predicted molar refractivity (Wildman–Crippen MR) is 177 cm³/mol. The van der Waals surface area contributed by atoms with Crippen LogP contribution in [0.15, 0.2) is 54.6 Å². The lowest BCUT2D eigenvalue weighted by atomic mass is 9.74. The van der Waals surface area contributed by atoms with Crippen molar-refractivity contribution in [3.8, 4) is 0 Å². The van der Waals surface area contributed by atoms with Crippen molar-refractivity contribution in [2.45, 2.75) is 102 Å². The Labute approximate surface area is 278 Å². The van der Waals surface area contributed by atoms with E-state index in [1.54, 1.807) is 29.0 Å². The summed E-state index contributed by atoms with van der Waals surface area (Å²) in [5, 5.41) is 10.7. The van der Waals surface area contributed by atoms with Gasteiger partial charge in [0.2, 0.25) is 17.7 Å². The lowest BCUT2D eigenvalue weighted by molar-refractivity contribution is -0.164. The highest BCUT2D eigenvalue weighted by Crippen LogP contribution is 2.56. The number of aliphatic hydroxyl groups excluding tert-OH is 1. The van der Waals surface area contributed by atoms with Gasteiger partial charge in [0.25, 0.3) is 0 Å². The monoisotopic (exact) mass is 649 g/mol. The molecule has 4 heterocycles. The number of aliphatic hydroxyl groups is 1. The van der Waals surface area contributed by atoms with E-state index in [0.29, 0.717) is 25.9 Å². The van der Waals surface area contributed by atoms with Gasteiger partial charge in [-0.15, -0.1) is 0 Å². The first-order valence-electron chi connectivity index (χ1n) is 17.4. The fourth-order valence-electron chi connectivity index (χ4n) is 7.77. The van der Waals surface area contributed by atoms with E-state index < -0.39 is 53.7 Å². The van der Waals surface area contributed by atoms with Crippen LogP contribution >= 0.6 is 0 Å². The van der Waals surface area contributed by atoms with Crippen LogP contribution in [-0.4, -0.2) is 100 Å². The van der Waals surface area contributed by atoms with Gasteiger partial charge in [-0.1, -0.05) is 94.7 Å². The Morgan fingerprint density at radius 3 is 2.47 bits per heavy atom. The summed E-state index contributed by atoms with van der Waals surface area (Å²) in [6, 6.07) is 7.12. The van der Waals surface area contributed by atoms with E-state index in [1.807, 2.05) is 63.3 Å². The summed E-state index contributed by atoms with van der Waals surface area (Å²) in [6.45, 7) is 8.39. The number of hydrogen-bond acceptors (Lipinski definition) is 7. The second-order valence-corrected chi connectivity index (χ2v) is 13.6. The highest BCUT2D eigenvalue weighted by molar-refractivity contribution is 5.99. The average Bonchev–Trinajstić information content (AvgIpc) is 3.73. The van der Waals surface area contributed by atoms with Crippen molar-refractivity contribution in [1.82, 2.24) is 14.7 Å². The maximum Gasteiger partial charge on any atom is 0.313 e. The van der Waals surface area contributed by atoms with E-state index >= 15 is 0 Å². The van der Waals surface area contributed by atoms with Crippen molar-refractivity contribution in [2.75, 3.05) is 26.7 Å². The smallest absolute Gasteiger partial charge is 0.313 e. The Kier molecular flexibility index (Phi) is 10.9. The summed E-state index contributed by atoms with van der Waals surface area (Å²) in [5.74, 6) is -3.43. The van der Waals surface area contributed by atoms with Crippen LogP contribution in [0.3, 0.4) is 0 Å². The van der Waals surface area contributed by atoms with Crippen molar-refractivity contribution < 1.29 is 33.8 Å². The third kappa shape index (κ3) is 6.38. The molecule has 0 aliphatic carbocycles. The van der Waals surface area contributed by atoms with Gasteiger partial charge in [0.05, 0.1) is 30.7 Å². The highest BCUT2D eigenvalue weighted by Gasteiger charge is 2.74. The second-order valence-electron chi connectivity index (χ2n) is 13.6. The first-order chi connectivity index (χ1) is 22.6. The molecule has 1 spiro atoms. The van der Waals surface area contributed by atoms with Crippen LogP contribution in [0.5, 0.6) is 0 Å². The Balaban J connectivity index is 1.62. The van der Waals surface area contributed by atoms with Crippen molar-refractivity contribution in [2.24, 2.45) is 17.8 Å². The summed E-state index contributed by atoms with van der Waals surface area (Å²) >= 11 is 0. The van der Waals surface area contributed by atoms with Crippen LogP contribution in [0, 0.1) is 17.8 Å². The standard InChI is InChI=1S/C37H51N3O7/c1-6-8-14-21-39-22-15-10-13-18-29(42)38(5)25(4)32(26-16-11-9-12-17-26)46-36(45)30-28-19-20-37(47-28)31(30)34(43)40(33(37)35(39)44)27(23-41)24(3)7-2/h9-12,15-17,19-20,24-25,27-28,30-33,41H,6-8,13-14,18,21-23H2,1-5H3/b15-10-/t24-,25-,27-,28+,30-,31-,32+,33+,37-/m0/s1. The number of amides is 3. The molecule has 3 amide bonds. The van der Waals surface area contributed by atoms with Crippen LogP contribution < -0.4 is 0 Å². The quantitative estimate of drug-likeness (QED) is 0.244. The number of ether oxygens (including phenoxy) is 2. The fourth-order valence-corrected chi connectivity index (χ4v) is 7.77. The molecule has 0 saturated carbocycles. The van der Waals surface area contributed by atoms with E-state index in [9.17, 15) is 24.3 Å². The number of esters is 1. The molecule has 10 heteroatoms. The largest absolute Gasteiger partial charge is 0.455 e. The third-order valence-electron chi connectivity index (χ3n) is 10.8. The highest BCUT2D eigenvalue weighted by atomic mass is 16.6. The van der Waals surface area contributed by atoms with Gasteiger partial charge in [-0.05, 0) is 31.2 Å². The minimum Gasteiger partial charge on any atom is -0.455 e. The molecule has 47 heavy (non-hydrogen) atoms. The van der Waals surface area contributed by atoms with Crippen molar-refractivity contribution in [3.63, 3.8) is 0 Å². The average molecular weight is 650 g/mol. The van der Waals surface area contributed by atoms with Crippen LogP contribution in [0.4, 0.5) is 0 Å². The van der Waals surface area contributed by atoms with Crippen LogP contribution in [0.2, 0.25) is 0 Å². The number of allylic oxidation sites excluding steroid dienone is 1. The molecule has 0 radical (unpaired) electrons. The number of likely N-dealkylation sites (tertiary alicyclic amines) is 1. The van der Waals surface area contributed by atoms with Crippen LogP contribution in [0.25, 0.3) is 0 Å². The topological polar surface area (TPSA) is 117 Å². The van der Waals surface area contributed by atoms with E-state index in [-0.39, 0.29) is 36.7 Å². The number of likely N-dealkylation sites (N-methyl/N-ethyl adjacent to an activating group) is 1. The molecule has 0 aromatic heterocycles. The van der Waals surface area contributed by atoms with E-state index in [4.69, 9.17) is 9.47 Å². The lowest BCUT2D eigenvalue weighted by Crippen LogP contribution is -2.59. The molecule has 0 unspecified atom stereocenters. The molecule has 4 aliphatic heterocycles. The molecule has 5 bridgehead atoms. The molecule has 256 valence electrons. The number of benzene rings is 1. The van der Waals surface area contributed by atoms with Crippen LogP contribution in [0.1, 0.15) is 77.9 Å². The van der Waals surface area contributed by atoms with Gasteiger partial charge in [0.1, 0.15) is 23.7 Å². The maximum atomic E-state index is 14.8. The zero-order valence-electron chi connectivity index (χ0n) is 28.4. The van der Waals surface area contributed by atoms with Gasteiger partial charge in [-0.25, -0.2) is 0 Å². The molecular formula is C37H51N3O7. The molecule has 9 atom stereocenters. The molecule has 2 saturated heterocycles. The number of carbonyl (C=O) groups is 4. The Hall–Kier alpha value is -3.50. The minimum absolute atomic E-state index is 0.0885. The maximum absolute atomic E-state index is 14.8. The lowest BCUT2D eigenvalue weighted by Gasteiger charge is -2.40. The van der Waals surface area contributed by atoms with Gasteiger partial charge in [0, 0.05) is 26.6 Å². The van der Waals surface area contributed by atoms with Gasteiger partial charge < -0.3 is 29.3 Å². The third-order valence-corrected chi connectivity index (χ3v) is 10.8. The van der Waals surface area contributed by atoms with E-state index in [1.165, 1.54) is 4.90 Å². The first-order valence-corrected chi connectivity index (χ1v) is 17.4. The van der Waals surface area contributed by atoms with E-state index in [2.05, 4.69) is 6.92 Å². The Bertz CT molecular complexity index is 1360. The number of nitrogens with zero attached hydrogens (tertiary/aromatic N) is 3. The van der Waals surface area contributed by atoms with Crippen LogP contribution in [-0.2, 0) is 28.7 Å². The van der Waals surface area contributed by atoms with Gasteiger partial charge in [-0.2, -0.15) is 0 Å². The molecule has 5 rings (SSSR count). The predicted octanol–water partition coefficient (Wildman–Crippen LogP) is 4.04. The normalized spacial score (nSPS) is 33.3. The van der Waals surface area contributed by atoms with Crippen molar-refractivity contribution in [1.29, 1.82) is 0 Å².